The molecule has 3 fully saturated rings. The number of piperidine rings is 2. The third-order valence-corrected chi connectivity index (χ3v) is 10.5. The molecule has 2 aromatic rings. The van der Waals surface area contributed by atoms with Gasteiger partial charge in [-0.1, -0.05) is 19.4 Å². The zero-order valence-corrected chi connectivity index (χ0v) is 28.9. The summed E-state index contributed by atoms with van der Waals surface area (Å²) in [5.41, 5.74) is 2.67. The van der Waals surface area contributed by atoms with E-state index in [1.165, 1.54) is 0 Å². The lowest BCUT2D eigenvalue weighted by atomic mass is 9.95. The third-order valence-electron chi connectivity index (χ3n) is 10.5. The number of hydrogen-bond acceptors (Lipinski definition) is 10. The molecule has 3 N–H and O–H groups in total. The summed E-state index contributed by atoms with van der Waals surface area (Å²) >= 11 is 0. The van der Waals surface area contributed by atoms with Crippen LogP contribution in [0.4, 0.5) is 11.4 Å². The Kier molecular flexibility index (Phi) is 11.5. The van der Waals surface area contributed by atoms with Gasteiger partial charge < -0.3 is 25.2 Å². The van der Waals surface area contributed by atoms with Crippen molar-refractivity contribution in [3.05, 3.63) is 53.6 Å². The van der Waals surface area contributed by atoms with Gasteiger partial charge in [0.15, 0.2) is 0 Å². The van der Waals surface area contributed by atoms with E-state index in [0.29, 0.717) is 29.7 Å². The van der Waals surface area contributed by atoms with Gasteiger partial charge in [0.1, 0.15) is 18.4 Å². The molecule has 0 saturated carbocycles. The minimum Gasteiger partial charge on any atom is -0.492 e. The largest absolute Gasteiger partial charge is 0.492 e. The number of fused-ring (bicyclic) bond motifs is 1. The van der Waals surface area contributed by atoms with Crippen molar-refractivity contribution in [1.82, 2.24) is 25.3 Å². The van der Waals surface area contributed by atoms with E-state index in [-0.39, 0.29) is 18.7 Å². The first kappa shape index (κ1) is 34.8. The van der Waals surface area contributed by atoms with Crippen LogP contribution in [0.15, 0.2) is 42.5 Å². The van der Waals surface area contributed by atoms with Gasteiger partial charge in [0, 0.05) is 88.8 Å². The molecule has 4 heterocycles. The summed E-state index contributed by atoms with van der Waals surface area (Å²) < 4.78 is 6.12. The smallest absolute Gasteiger partial charge is 0.262 e. The molecule has 12 heteroatoms. The van der Waals surface area contributed by atoms with Gasteiger partial charge in [0.05, 0.1) is 11.1 Å². The van der Waals surface area contributed by atoms with Crippen LogP contribution in [0.2, 0.25) is 0 Å². The van der Waals surface area contributed by atoms with E-state index in [4.69, 9.17) is 4.74 Å². The van der Waals surface area contributed by atoms with Crippen LogP contribution in [-0.4, -0.2) is 123 Å². The summed E-state index contributed by atoms with van der Waals surface area (Å²) in [4.78, 5) is 58.7. The molecule has 4 amide bonds. The molecule has 2 aromatic carbocycles. The number of carbonyl (C=O) groups is 4. The van der Waals surface area contributed by atoms with Crippen LogP contribution < -0.4 is 25.6 Å². The Morgan fingerprint density at radius 3 is 2.39 bits per heavy atom. The van der Waals surface area contributed by atoms with Crippen molar-refractivity contribution in [3.63, 3.8) is 0 Å². The number of amides is 4. The van der Waals surface area contributed by atoms with Gasteiger partial charge in [-0.05, 0) is 69.0 Å². The topological polar surface area (TPSA) is 127 Å². The number of hydrogen-bond donors (Lipinski definition) is 3. The van der Waals surface area contributed by atoms with Gasteiger partial charge in [-0.3, -0.25) is 34.3 Å². The number of anilines is 2. The summed E-state index contributed by atoms with van der Waals surface area (Å²) in [5.74, 6) is -0.363. The van der Waals surface area contributed by atoms with Crippen molar-refractivity contribution in [2.24, 2.45) is 5.92 Å². The van der Waals surface area contributed by atoms with E-state index in [2.05, 4.69) is 49.7 Å². The maximum absolute atomic E-state index is 13.3. The SMILES string of the molecule is CCCC(CNc1cccc(OCCN2CCN(CC3CCN(c4ccc5c(c4)C(=O)N(C4CCC(=O)NC4=O)C5=O)CC3)CC2)c1)NC. The van der Waals surface area contributed by atoms with Gasteiger partial charge in [0.25, 0.3) is 11.8 Å². The van der Waals surface area contributed by atoms with Crippen molar-refractivity contribution in [2.75, 3.05) is 82.8 Å². The molecular formula is C37H51N7O5. The molecule has 2 atom stereocenters. The van der Waals surface area contributed by atoms with E-state index in [1.807, 2.05) is 25.2 Å². The maximum atomic E-state index is 13.3. The second-order valence-electron chi connectivity index (χ2n) is 13.8. The zero-order chi connectivity index (χ0) is 34.3. The lowest BCUT2D eigenvalue weighted by Gasteiger charge is -2.39. The van der Waals surface area contributed by atoms with E-state index >= 15 is 0 Å². The summed E-state index contributed by atoms with van der Waals surface area (Å²) in [6.45, 7) is 11.8. The molecule has 0 aromatic heterocycles. The lowest BCUT2D eigenvalue weighted by Crippen LogP contribution is -2.54. The molecule has 6 rings (SSSR count). The predicted molar refractivity (Wildman–Crippen MR) is 189 cm³/mol. The first-order valence-corrected chi connectivity index (χ1v) is 18.0. The van der Waals surface area contributed by atoms with E-state index in [9.17, 15) is 19.2 Å². The molecule has 0 spiro atoms. The average molecular weight is 674 g/mol. The van der Waals surface area contributed by atoms with Crippen molar-refractivity contribution in [1.29, 1.82) is 0 Å². The minimum absolute atomic E-state index is 0.111. The number of carbonyl (C=O) groups excluding carboxylic acids is 4. The normalized spacial score (nSPS) is 21.6. The lowest BCUT2D eigenvalue weighted by molar-refractivity contribution is -0.136. The number of nitrogens with one attached hydrogen (secondary N) is 3. The summed E-state index contributed by atoms with van der Waals surface area (Å²) in [6, 6.07) is 13.2. The van der Waals surface area contributed by atoms with Crippen LogP contribution in [0.1, 0.15) is 66.2 Å². The first-order valence-electron chi connectivity index (χ1n) is 18.0. The molecule has 3 saturated heterocycles. The minimum atomic E-state index is -0.947. The summed E-state index contributed by atoms with van der Waals surface area (Å²) in [5, 5.41) is 9.15. The first-order chi connectivity index (χ1) is 23.8. The fourth-order valence-corrected chi connectivity index (χ4v) is 7.52. The average Bonchev–Trinajstić information content (AvgIpc) is 3.36. The van der Waals surface area contributed by atoms with Gasteiger partial charge in [-0.25, -0.2) is 0 Å². The second kappa shape index (κ2) is 16.1. The van der Waals surface area contributed by atoms with Crippen molar-refractivity contribution >= 4 is 35.0 Å². The highest BCUT2D eigenvalue weighted by Gasteiger charge is 2.44. The Morgan fingerprint density at radius 2 is 1.65 bits per heavy atom. The van der Waals surface area contributed by atoms with Crippen molar-refractivity contribution in [2.45, 2.75) is 57.5 Å². The summed E-state index contributed by atoms with van der Waals surface area (Å²) in [6.07, 6.45) is 4.72. The van der Waals surface area contributed by atoms with Crippen LogP contribution in [0.25, 0.3) is 0 Å². The molecule has 0 radical (unpaired) electrons. The van der Waals surface area contributed by atoms with Crippen LogP contribution in [0.5, 0.6) is 5.75 Å². The van der Waals surface area contributed by atoms with Gasteiger partial charge in [-0.2, -0.15) is 0 Å². The third kappa shape index (κ3) is 8.42. The van der Waals surface area contributed by atoms with Crippen LogP contribution in [-0.2, 0) is 9.59 Å². The van der Waals surface area contributed by atoms with E-state index in [1.54, 1.807) is 12.1 Å². The number of likely N-dealkylation sites (N-methyl/N-ethyl adjacent to an activating group) is 1. The van der Waals surface area contributed by atoms with Gasteiger partial charge >= 0.3 is 0 Å². The molecule has 0 bridgehead atoms. The summed E-state index contributed by atoms with van der Waals surface area (Å²) in [7, 11) is 2.02. The monoisotopic (exact) mass is 673 g/mol. The highest BCUT2D eigenvalue weighted by molar-refractivity contribution is 6.23. The quantitative estimate of drug-likeness (QED) is 0.258. The Balaban J connectivity index is 0.902. The van der Waals surface area contributed by atoms with Crippen LogP contribution in [0, 0.1) is 5.92 Å². The zero-order valence-electron chi connectivity index (χ0n) is 28.9. The molecule has 4 aliphatic rings. The Bertz CT molecular complexity index is 1500. The number of ether oxygens (including phenoxy) is 1. The molecule has 2 unspecified atom stereocenters. The van der Waals surface area contributed by atoms with Crippen molar-refractivity contribution < 1.29 is 23.9 Å². The molecule has 49 heavy (non-hydrogen) atoms. The number of piperazine rings is 1. The van der Waals surface area contributed by atoms with E-state index in [0.717, 1.165) is 107 Å². The number of imide groups is 2. The Morgan fingerprint density at radius 1 is 0.898 bits per heavy atom. The van der Waals surface area contributed by atoms with Crippen molar-refractivity contribution in [3.8, 4) is 5.75 Å². The highest BCUT2D eigenvalue weighted by Crippen LogP contribution is 2.32. The van der Waals surface area contributed by atoms with E-state index < -0.39 is 23.8 Å². The molecule has 264 valence electrons. The van der Waals surface area contributed by atoms with Crippen LogP contribution in [0.3, 0.4) is 0 Å². The molecule has 12 nitrogen and oxygen atoms in total. The second-order valence-corrected chi connectivity index (χ2v) is 13.8. The maximum Gasteiger partial charge on any atom is 0.262 e. The molecular weight excluding hydrogens is 622 g/mol. The Labute approximate surface area is 289 Å². The number of nitrogens with zero attached hydrogens (tertiary/aromatic N) is 4. The Hall–Kier alpha value is -4.00. The number of rotatable bonds is 14. The van der Waals surface area contributed by atoms with Gasteiger partial charge in [-0.15, -0.1) is 0 Å². The number of benzene rings is 2. The fraction of sp³-hybridized carbons (Fsp3) is 0.568. The standard InChI is InChI=1S/C37H51N7O5/c1-3-5-28(38-2)24-39-27-6-4-7-30(22-27)49-21-20-41-16-18-42(19-17-41)25-26-12-14-43(15-13-26)29-8-9-31-32(23-29)37(48)44(36(31)47)33-10-11-34(45)40-35(33)46/h4,6-9,22-23,26,28,33,38-39H,3,5,10-21,24-25H2,1-2H3,(H,40,45,46). The molecule has 0 aliphatic carbocycles. The van der Waals surface area contributed by atoms with Gasteiger partial charge in [0.2, 0.25) is 11.8 Å². The molecule has 4 aliphatic heterocycles. The highest BCUT2D eigenvalue weighted by atomic mass is 16.5. The predicted octanol–water partition coefficient (Wildman–Crippen LogP) is 2.80. The van der Waals surface area contributed by atoms with Crippen LogP contribution >= 0.6 is 0 Å². The fourth-order valence-electron chi connectivity index (χ4n) is 7.52.